The van der Waals surface area contributed by atoms with Gasteiger partial charge in [0.25, 0.3) is 10.0 Å². The van der Waals surface area contributed by atoms with Gasteiger partial charge in [0.2, 0.25) is 11.8 Å². The molecule has 44 heavy (non-hydrogen) atoms. The lowest BCUT2D eigenvalue weighted by Gasteiger charge is -2.34. The number of anilines is 1. The molecule has 0 bridgehead atoms. The van der Waals surface area contributed by atoms with Crippen molar-refractivity contribution in [3.8, 4) is 0 Å². The second-order valence-corrected chi connectivity index (χ2v) is 14.0. The smallest absolute Gasteiger partial charge is 0.264 e. The number of benzene rings is 4. The fraction of sp³-hybridized carbons (Fsp3) is 0.212. The summed E-state index contributed by atoms with van der Waals surface area (Å²) >= 11 is 16.1. The van der Waals surface area contributed by atoms with Crippen molar-refractivity contribution in [2.45, 2.75) is 43.8 Å². The number of nitrogens with one attached hydrogen (secondary N) is 1. The maximum absolute atomic E-state index is 14.4. The van der Waals surface area contributed by atoms with Crippen LogP contribution in [0.5, 0.6) is 0 Å². The van der Waals surface area contributed by atoms with Crippen molar-refractivity contribution in [3.63, 3.8) is 0 Å². The standard InChI is InChI=1S/C33H32BrCl2N3O4S/c1-23(2)37-33(41)31(19-24-9-5-3-6-10-24)38(21-25-13-16-27(35)20-30(25)36)32(40)22-39(28-17-14-26(34)15-18-28)44(42,43)29-11-7-4-8-12-29/h3-18,20,23,31H,19,21-22H2,1-2H3,(H,37,41). The Hall–Kier alpha value is -3.37. The molecule has 2 amide bonds. The highest BCUT2D eigenvalue weighted by atomic mass is 79.9. The molecule has 0 aliphatic carbocycles. The van der Waals surface area contributed by atoms with Crippen LogP contribution in [0, 0.1) is 0 Å². The van der Waals surface area contributed by atoms with Gasteiger partial charge in [0.15, 0.2) is 0 Å². The van der Waals surface area contributed by atoms with Gasteiger partial charge in [-0.3, -0.25) is 13.9 Å². The Balaban J connectivity index is 1.81. The van der Waals surface area contributed by atoms with Crippen LogP contribution < -0.4 is 9.62 Å². The van der Waals surface area contributed by atoms with E-state index in [0.717, 1.165) is 14.3 Å². The van der Waals surface area contributed by atoms with Crippen molar-refractivity contribution in [1.82, 2.24) is 10.2 Å². The molecule has 1 atom stereocenters. The van der Waals surface area contributed by atoms with Crippen molar-refractivity contribution < 1.29 is 18.0 Å². The lowest BCUT2D eigenvalue weighted by molar-refractivity contribution is -0.140. The van der Waals surface area contributed by atoms with Crippen molar-refractivity contribution >= 4 is 66.7 Å². The van der Waals surface area contributed by atoms with E-state index in [1.54, 1.807) is 60.7 Å². The molecule has 4 aromatic rings. The largest absolute Gasteiger partial charge is 0.352 e. The first-order chi connectivity index (χ1) is 21.0. The van der Waals surface area contributed by atoms with E-state index >= 15 is 0 Å². The predicted octanol–water partition coefficient (Wildman–Crippen LogP) is 7.12. The minimum atomic E-state index is -4.18. The molecule has 0 aliphatic heterocycles. The van der Waals surface area contributed by atoms with Gasteiger partial charge in [-0.2, -0.15) is 0 Å². The number of sulfonamides is 1. The highest BCUT2D eigenvalue weighted by Gasteiger charge is 2.35. The summed E-state index contributed by atoms with van der Waals surface area (Å²) in [5, 5.41) is 3.67. The minimum absolute atomic E-state index is 0.0291. The van der Waals surface area contributed by atoms with Crippen LogP contribution in [0.3, 0.4) is 0 Å². The Labute approximate surface area is 277 Å². The fourth-order valence-electron chi connectivity index (χ4n) is 4.62. The van der Waals surface area contributed by atoms with Crippen molar-refractivity contribution in [1.29, 1.82) is 0 Å². The Morgan fingerprint density at radius 1 is 0.864 bits per heavy atom. The first-order valence-electron chi connectivity index (χ1n) is 13.9. The lowest BCUT2D eigenvalue weighted by atomic mass is 10.0. The van der Waals surface area contributed by atoms with Gasteiger partial charge in [-0.25, -0.2) is 8.42 Å². The zero-order valence-electron chi connectivity index (χ0n) is 24.2. The summed E-state index contributed by atoms with van der Waals surface area (Å²) < 4.78 is 29.8. The number of amides is 2. The second-order valence-electron chi connectivity index (χ2n) is 10.4. The number of carbonyl (C=O) groups excluding carboxylic acids is 2. The van der Waals surface area contributed by atoms with Gasteiger partial charge in [-0.1, -0.05) is 93.7 Å². The van der Waals surface area contributed by atoms with E-state index < -0.39 is 28.5 Å². The molecule has 230 valence electrons. The molecule has 0 heterocycles. The topological polar surface area (TPSA) is 86.8 Å². The number of halogens is 3. The summed E-state index contributed by atoms with van der Waals surface area (Å²) in [6.07, 6.45) is 0.195. The molecule has 0 saturated carbocycles. The predicted molar refractivity (Wildman–Crippen MR) is 179 cm³/mol. The van der Waals surface area contributed by atoms with Gasteiger partial charge in [0.1, 0.15) is 12.6 Å². The second kappa shape index (κ2) is 15.1. The molecular weight excluding hydrogens is 685 g/mol. The van der Waals surface area contributed by atoms with Crippen molar-refractivity contribution in [2.75, 3.05) is 10.8 Å². The normalized spacial score (nSPS) is 12.0. The molecule has 1 unspecified atom stereocenters. The number of nitrogens with zero attached hydrogens (tertiary/aromatic N) is 2. The summed E-state index contributed by atoms with van der Waals surface area (Å²) in [7, 11) is -4.18. The first-order valence-corrected chi connectivity index (χ1v) is 16.9. The third kappa shape index (κ3) is 8.63. The van der Waals surface area contributed by atoms with Crippen molar-refractivity contribution in [2.24, 2.45) is 0 Å². The highest BCUT2D eigenvalue weighted by Crippen LogP contribution is 2.28. The molecular formula is C33H32BrCl2N3O4S. The molecule has 0 radical (unpaired) electrons. The summed E-state index contributed by atoms with van der Waals surface area (Å²) in [5.41, 5.74) is 1.68. The minimum Gasteiger partial charge on any atom is -0.352 e. The van der Waals surface area contributed by atoms with Gasteiger partial charge in [0, 0.05) is 33.5 Å². The average Bonchev–Trinajstić information content (AvgIpc) is 2.99. The molecule has 0 aliphatic rings. The molecule has 11 heteroatoms. The Morgan fingerprint density at radius 3 is 2.07 bits per heavy atom. The van der Waals surface area contributed by atoms with E-state index in [-0.39, 0.29) is 29.8 Å². The molecule has 0 spiro atoms. The summed E-state index contributed by atoms with van der Waals surface area (Å²) in [5.74, 6) is -0.957. The monoisotopic (exact) mass is 715 g/mol. The zero-order valence-corrected chi connectivity index (χ0v) is 28.1. The van der Waals surface area contributed by atoms with Crippen LogP contribution in [0.25, 0.3) is 0 Å². The van der Waals surface area contributed by atoms with Crippen LogP contribution in [-0.4, -0.2) is 43.8 Å². The number of carbonyl (C=O) groups is 2. The maximum Gasteiger partial charge on any atom is 0.264 e. The maximum atomic E-state index is 14.4. The van der Waals surface area contributed by atoms with E-state index in [1.165, 1.54) is 17.0 Å². The first kappa shape index (κ1) is 33.5. The average molecular weight is 718 g/mol. The van der Waals surface area contributed by atoms with Gasteiger partial charge in [-0.05, 0) is 73.5 Å². The Kier molecular flexibility index (Phi) is 11.5. The van der Waals surface area contributed by atoms with Crippen LogP contribution in [0.1, 0.15) is 25.0 Å². The van der Waals surface area contributed by atoms with Crippen LogP contribution >= 0.6 is 39.1 Å². The molecule has 0 saturated heterocycles. The molecule has 4 rings (SSSR count). The van der Waals surface area contributed by atoms with Gasteiger partial charge in [0.05, 0.1) is 10.6 Å². The fourth-order valence-corrected chi connectivity index (χ4v) is 6.79. The van der Waals surface area contributed by atoms with Gasteiger partial charge >= 0.3 is 0 Å². The van der Waals surface area contributed by atoms with E-state index in [9.17, 15) is 18.0 Å². The van der Waals surface area contributed by atoms with Gasteiger partial charge in [-0.15, -0.1) is 0 Å². The molecule has 0 aromatic heterocycles. The molecule has 1 N–H and O–H groups in total. The summed E-state index contributed by atoms with van der Waals surface area (Å²) in [4.78, 5) is 29.6. The summed E-state index contributed by atoms with van der Waals surface area (Å²) in [6.45, 7) is 3.05. The zero-order chi connectivity index (χ0) is 31.9. The Morgan fingerprint density at radius 2 is 1.48 bits per heavy atom. The van der Waals surface area contributed by atoms with E-state index in [4.69, 9.17) is 23.2 Å². The SMILES string of the molecule is CC(C)NC(=O)C(Cc1ccccc1)N(Cc1ccc(Cl)cc1Cl)C(=O)CN(c1ccc(Br)cc1)S(=O)(=O)c1ccccc1. The Bertz CT molecular complexity index is 1690. The van der Waals surface area contributed by atoms with Crippen molar-refractivity contribution in [3.05, 3.63) is 129 Å². The summed E-state index contributed by atoms with van der Waals surface area (Å²) in [6, 6.07) is 27.6. The van der Waals surface area contributed by atoms with Gasteiger partial charge < -0.3 is 10.2 Å². The number of hydrogen-bond acceptors (Lipinski definition) is 4. The van der Waals surface area contributed by atoms with E-state index in [1.807, 2.05) is 44.2 Å². The van der Waals surface area contributed by atoms with Crippen LogP contribution in [0.4, 0.5) is 5.69 Å². The lowest BCUT2D eigenvalue weighted by Crippen LogP contribution is -2.54. The quantitative estimate of drug-likeness (QED) is 0.169. The number of hydrogen-bond donors (Lipinski definition) is 1. The van der Waals surface area contributed by atoms with Crippen LogP contribution in [0.15, 0.2) is 112 Å². The molecule has 4 aromatic carbocycles. The molecule has 7 nitrogen and oxygen atoms in total. The highest BCUT2D eigenvalue weighted by molar-refractivity contribution is 9.10. The van der Waals surface area contributed by atoms with E-state index in [0.29, 0.717) is 21.3 Å². The van der Waals surface area contributed by atoms with E-state index in [2.05, 4.69) is 21.2 Å². The van der Waals surface area contributed by atoms with Crippen LogP contribution in [0.2, 0.25) is 10.0 Å². The number of rotatable bonds is 12. The third-order valence-electron chi connectivity index (χ3n) is 6.78. The van der Waals surface area contributed by atoms with Crippen LogP contribution in [-0.2, 0) is 32.6 Å². The third-order valence-corrected chi connectivity index (χ3v) is 9.69. The molecule has 0 fully saturated rings.